The molecule has 0 radical (unpaired) electrons. The molecule has 1 unspecified atom stereocenters. The maximum atomic E-state index is 14.1. The van der Waals surface area contributed by atoms with Crippen LogP contribution in [0.3, 0.4) is 0 Å². The molecule has 1 aliphatic heterocycles. The van der Waals surface area contributed by atoms with E-state index in [9.17, 15) is 14.3 Å². The second-order valence-electron chi connectivity index (χ2n) is 5.51. The number of fused-ring (bicyclic) bond motifs is 1. The van der Waals surface area contributed by atoms with E-state index in [1.807, 2.05) is 30.3 Å². The molecule has 1 N–H and O–H groups in total. The molecule has 0 bridgehead atoms. The number of methoxy groups -OCH3 is 1. The van der Waals surface area contributed by atoms with Gasteiger partial charge in [0.25, 0.3) is 0 Å². The number of benzene rings is 2. The lowest BCUT2D eigenvalue weighted by atomic mass is 9.84. The van der Waals surface area contributed by atoms with Gasteiger partial charge in [-0.15, -0.1) is 0 Å². The van der Waals surface area contributed by atoms with Crippen molar-refractivity contribution in [3.05, 3.63) is 58.9 Å². The highest BCUT2D eigenvalue weighted by atomic mass is 19.1. The summed E-state index contributed by atoms with van der Waals surface area (Å²) in [4.78, 5) is 11.7. The van der Waals surface area contributed by atoms with Gasteiger partial charge in [-0.3, -0.25) is 0 Å². The smallest absolute Gasteiger partial charge is 0.340 e. The summed E-state index contributed by atoms with van der Waals surface area (Å²) in [5.41, 5.74) is 1.49. The maximum Gasteiger partial charge on any atom is 0.340 e. The zero-order chi connectivity index (χ0) is 16.4. The zero-order valence-electron chi connectivity index (χ0n) is 12.7. The zero-order valence-corrected chi connectivity index (χ0v) is 12.7. The minimum absolute atomic E-state index is 0.0539. The number of carbonyl (C=O) groups is 1. The van der Waals surface area contributed by atoms with E-state index in [0.29, 0.717) is 30.8 Å². The van der Waals surface area contributed by atoms with Gasteiger partial charge in [-0.25, -0.2) is 9.18 Å². The number of carboxylic acid groups (broad SMARTS) is 1. The first-order chi connectivity index (χ1) is 11.1. The molecule has 0 aromatic heterocycles. The molecule has 0 saturated heterocycles. The average molecular weight is 316 g/mol. The Morgan fingerprint density at radius 3 is 2.78 bits per heavy atom. The van der Waals surface area contributed by atoms with E-state index in [2.05, 4.69) is 0 Å². The molecule has 120 valence electrons. The Hall–Kier alpha value is -2.56. The maximum absolute atomic E-state index is 14.1. The molecular formula is C18H17FO4. The van der Waals surface area contributed by atoms with E-state index < -0.39 is 11.8 Å². The number of rotatable bonds is 4. The third-order valence-corrected chi connectivity index (χ3v) is 4.11. The third kappa shape index (κ3) is 2.86. The monoisotopic (exact) mass is 316 g/mol. The van der Waals surface area contributed by atoms with Gasteiger partial charge in [0, 0.05) is 11.6 Å². The predicted octanol–water partition coefficient (Wildman–Crippen LogP) is 3.64. The molecule has 0 spiro atoms. The Kier molecular flexibility index (Phi) is 4.19. The van der Waals surface area contributed by atoms with Crippen molar-refractivity contribution in [1.82, 2.24) is 0 Å². The van der Waals surface area contributed by atoms with Crippen LogP contribution in [0, 0.1) is 5.82 Å². The Morgan fingerprint density at radius 2 is 2.13 bits per heavy atom. The summed E-state index contributed by atoms with van der Waals surface area (Å²) in [6.45, 7) is 0.440. The van der Waals surface area contributed by atoms with Crippen LogP contribution in [0.1, 0.15) is 33.8 Å². The highest BCUT2D eigenvalue weighted by Gasteiger charge is 2.32. The van der Waals surface area contributed by atoms with Crippen LogP contribution in [0.15, 0.2) is 36.4 Å². The van der Waals surface area contributed by atoms with Crippen LogP contribution in [0.5, 0.6) is 11.5 Å². The molecule has 0 aliphatic carbocycles. The molecule has 0 amide bonds. The second-order valence-corrected chi connectivity index (χ2v) is 5.51. The van der Waals surface area contributed by atoms with E-state index in [-0.39, 0.29) is 17.2 Å². The van der Waals surface area contributed by atoms with Gasteiger partial charge in [-0.2, -0.15) is 0 Å². The van der Waals surface area contributed by atoms with Crippen molar-refractivity contribution in [3.63, 3.8) is 0 Å². The fraction of sp³-hybridized carbons (Fsp3) is 0.278. The van der Waals surface area contributed by atoms with Gasteiger partial charge in [0.05, 0.1) is 13.7 Å². The number of halogens is 1. The average Bonchev–Trinajstić information content (AvgIpc) is 2.54. The van der Waals surface area contributed by atoms with Gasteiger partial charge in [-0.05, 0) is 24.3 Å². The second kappa shape index (κ2) is 6.28. The number of ether oxygens (including phenoxy) is 2. The first-order valence-corrected chi connectivity index (χ1v) is 7.42. The van der Waals surface area contributed by atoms with Crippen LogP contribution in [-0.4, -0.2) is 24.8 Å². The van der Waals surface area contributed by atoms with E-state index in [1.165, 1.54) is 13.2 Å². The summed E-state index contributed by atoms with van der Waals surface area (Å²) in [6.07, 6.45) is 1.35. The molecular weight excluding hydrogens is 299 g/mol. The Morgan fingerprint density at radius 1 is 1.39 bits per heavy atom. The summed E-state index contributed by atoms with van der Waals surface area (Å²) in [6, 6.07) is 11.0. The molecule has 1 atom stereocenters. The van der Waals surface area contributed by atoms with Crippen molar-refractivity contribution in [2.45, 2.75) is 18.8 Å². The van der Waals surface area contributed by atoms with E-state index in [0.717, 1.165) is 5.56 Å². The molecule has 23 heavy (non-hydrogen) atoms. The van der Waals surface area contributed by atoms with Crippen LogP contribution in [0.2, 0.25) is 0 Å². The minimum atomic E-state index is -1.21. The number of carboxylic acids is 1. The van der Waals surface area contributed by atoms with Crippen molar-refractivity contribution >= 4 is 5.97 Å². The lowest BCUT2D eigenvalue weighted by Crippen LogP contribution is -2.21. The van der Waals surface area contributed by atoms with Crippen LogP contribution in [-0.2, 0) is 6.42 Å². The Balaban J connectivity index is 2.11. The van der Waals surface area contributed by atoms with E-state index in [1.54, 1.807) is 0 Å². The van der Waals surface area contributed by atoms with Gasteiger partial charge in [0.2, 0.25) is 0 Å². The molecule has 0 fully saturated rings. The van der Waals surface area contributed by atoms with Gasteiger partial charge in [-0.1, -0.05) is 30.3 Å². The van der Waals surface area contributed by atoms with Crippen molar-refractivity contribution in [2.24, 2.45) is 0 Å². The van der Waals surface area contributed by atoms with E-state index in [4.69, 9.17) is 9.47 Å². The number of hydrogen-bond acceptors (Lipinski definition) is 3. The fourth-order valence-corrected chi connectivity index (χ4v) is 3.12. The lowest BCUT2D eigenvalue weighted by molar-refractivity contribution is 0.0688. The van der Waals surface area contributed by atoms with Gasteiger partial charge < -0.3 is 14.6 Å². The predicted molar refractivity (Wildman–Crippen MR) is 82.9 cm³/mol. The lowest BCUT2D eigenvalue weighted by Gasteiger charge is -2.28. The SMILES string of the molecule is COc1c(F)cc2c(c1C(=O)O)C(Cc1ccccc1)CCO2. The molecule has 4 nitrogen and oxygen atoms in total. The van der Waals surface area contributed by atoms with Gasteiger partial charge in [0.15, 0.2) is 11.6 Å². The highest BCUT2D eigenvalue weighted by molar-refractivity contribution is 5.94. The van der Waals surface area contributed by atoms with Gasteiger partial charge in [0.1, 0.15) is 11.3 Å². The summed E-state index contributed by atoms with van der Waals surface area (Å²) in [7, 11) is 1.27. The fourth-order valence-electron chi connectivity index (χ4n) is 3.12. The quantitative estimate of drug-likeness (QED) is 0.935. The summed E-state index contributed by atoms with van der Waals surface area (Å²) >= 11 is 0. The molecule has 1 heterocycles. The standard InChI is InChI=1S/C18H17FO4/c1-22-17-13(19)10-14-15(16(17)18(20)21)12(7-8-23-14)9-11-5-3-2-4-6-11/h2-6,10,12H,7-9H2,1H3,(H,20,21). The van der Waals surface area contributed by atoms with Crippen LogP contribution in [0.25, 0.3) is 0 Å². The van der Waals surface area contributed by atoms with E-state index >= 15 is 0 Å². The first kappa shape index (κ1) is 15.3. The Labute approximate surface area is 133 Å². The summed E-state index contributed by atoms with van der Waals surface area (Å²) < 4.78 is 24.6. The molecule has 2 aromatic rings. The minimum Gasteiger partial charge on any atom is -0.493 e. The number of aromatic carboxylic acids is 1. The highest BCUT2D eigenvalue weighted by Crippen LogP contribution is 2.43. The van der Waals surface area contributed by atoms with Crippen molar-refractivity contribution in [1.29, 1.82) is 0 Å². The molecule has 0 saturated carbocycles. The largest absolute Gasteiger partial charge is 0.493 e. The third-order valence-electron chi connectivity index (χ3n) is 4.11. The summed E-state index contributed by atoms with van der Waals surface area (Å²) in [5.74, 6) is -1.92. The Bertz CT molecular complexity index is 728. The molecule has 2 aromatic carbocycles. The van der Waals surface area contributed by atoms with Crippen LogP contribution >= 0.6 is 0 Å². The van der Waals surface area contributed by atoms with Crippen LogP contribution in [0.4, 0.5) is 4.39 Å². The summed E-state index contributed by atoms with van der Waals surface area (Å²) in [5, 5.41) is 9.56. The van der Waals surface area contributed by atoms with Gasteiger partial charge >= 0.3 is 5.97 Å². The van der Waals surface area contributed by atoms with Crippen molar-refractivity contribution in [2.75, 3.05) is 13.7 Å². The number of hydrogen-bond donors (Lipinski definition) is 1. The molecule has 1 aliphatic rings. The molecule has 3 rings (SSSR count). The van der Waals surface area contributed by atoms with Crippen molar-refractivity contribution in [3.8, 4) is 11.5 Å². The van der Waals surface area contributed by atoms with Crippen LogP contribution < -0.4 is 9.47 Å². The first-order valence-electron chi connectivity index (χ1n) is 7.42. The normalized spacial score (nSPS) is 16.3. The molecule has 5 heteroatoms. The topological polar surface area (TPSA) is 55.8 Å². The van der Waals surface area contributed by atoms with Crippen molar-refractivity contribution < 1.29 is 23.8 Å².